The fraction of sp³-hybridized carbons (Fsp3) is 0.938. The Labute approximate surface area is 123 Å². The molecule has 110 valence electrons. The van der Waals surface area contributed by atoms with Crippen molar-refractivity contribution in [3.63, 3.8) is 0 Å². The predicted octanol–water partition coefficient (Wildman–Crippen LogP) is 4.46. The van der Waals surface area contributed by atoms with Crippen molar-refractivity contribution in [3.8, 4) is 0 Å². The third-order valence-corrected chi connectivity index (χ3v) is 6.91. The Morgan fingerprint density at radius 1 is 1.05 bits per heavy atom. The van der Waals surface area contributed by atoms with Gasteiger partial charge in [0.05, 0.1) is 0 Å². The van der Waals surface area contributed by atoms with Crippen molar-refractivity contribution < 1.29 is 0 Å². The van der Waals surface area contributed by atoms with Crippen molar-refractivity contribution in [2.75, 3.05) is 18.8 Å². The normalized spacial score (nSPS) is 25.1. The lowest BCUT2D eigenvalue weighted by molar-refractivity contribution is 0.284. The first-order chi connectivity index (χ1) is 9.17. The van der Waals surface area contributed by atoms with Gasteiger partial charge in [0.25, 0.3) is 0 Å². The van der Waals surface area contributed by atoms with E-state index in [0.717, 1.165) is 13.1 Å². The summed E-state index contributed by atoms with van der Waals surface area (Å²) >= 11 is 1.95. The van der Waals surface area contributed by atoms with Gasteiger partial charge in [-0.1, -0.05) is 45.4 Å². The van der Waals surface area contributed by atoms with Gasteiger partial charge < -0.3 is 5.32 Å². The molecule has 0 aromatic carbocycles. The molecule has 0 aromatic rings. The molecule has 0 amide bonds. The van der Waals surface area contributed by atoms with E-state index < -0.39 is 0 Å². The van der Waals surface area contributed by atoms with Crippen molar-refractivity contribution in [2.45, 2.75) is 65.7 Å². The fourth-order valence-electron chi connectivity index (χ4n) is 3.38. The summed E-state index contributed by atoms with van der Waals surface area (Å²) in [6, 6.07) is 0. The van der Waals surface area contributed by atoms with Gasteiger partial charge in [0.2, 0.25) is 0 Å². The molecular weight excluding hydrogens is 252 g/mol. The highest BCUT2D eigenvalue weighted by Gasteiger charge is 2.33. The van der Waals surface area contributed by atoms with Crippen molar-refractivity contribution in [1.82, 2.24) is 5.32 Å². The van der Waals surface area contributed by atoms with Gasteiger partial charge >= 0.3 is 0 Å². The number of thioether (sulfide) groups is 1. The van der Waals surface area contributed by atoms with E-state index in [4.69, 9.17) is 4.99 Å². The minimum Gasteiger partial charge on any atom is -0.364 e. The molecule has 0 saturated heterocycles. The highest BCUT2D eigenvalue weighted by molar-refractivity contribution is 8.13. The second-order valence-corrected chi connectivity index (χ2v) is 7.50. The lowest BCUT2D eigenvalue weighted by Crippen LogP contribution is -2.39. The Bertz CT molecular complexity index is 315. The molecule has 1 N–H and O–H groups in total. The Morgan fingerprint density at radius 3 is 2.16 bits per heavy atom. The van der Waals surface area contributed by atoms with Crippen LogP contribution >= 0.6 is 11.8 Å². The van der Waals surface area contributed by atoms with Crippen LogP contribution in [-0.2, 0) is 0 Å². The van der Waals surface area contributed by atoms with Crippen LogP contribution < -0.4 is 5.32 Å². The zero-order valence-corrected chi connectivity index (χ0v) is 13.7. The number of amidine groups is 1. The minimum atomic E-state index is 0.464. The largest absolute Gasteiger partial charge is 0.364 e. The van der Waals surface area contributed by atoms with Crippen LogP contribution in [0.15, 0.2) is 4.99 Å². The first-order valence-corrected chi connectivity index (χ1v) is 9.07. The first-order valence-electron chi connectivity index (χ1n) is 8.09. The number of hydrogen-bond acceptors (Lipinski definition) is 3. The van der Waals surface area contributed by atoms with E-state index in [1.807, 2.05) is 11.8 Å². The van der Waals surface area contributed by atoms with Gasteiger partial charge in [-0.15, -0.1) is 0 Å². The molecule has 0 aromatic heterocycles. The van der Waals surface area contributed by atoms with E-state index in [1.165, 1.54) is 55.9 Å². The number of hydrogen-bond donors (Lipinski definition) is 1. The monoisotopic (exact) mass is 282 g/mol. The van der Waals surface area contributed by atoms with Crippen LogP contribution in [-0.4, -0.2) is 24.0 Å². The minimum absolute atomic E-state index is 0.464. The average molecular weight is 282 g/mol. The predicted molar refractivity (Wildman–Crippen MR) is 87.0 cm³/mol. The van der Waals surface area contributed by atoms with Crippen LogP contribution in [0.25, 0.3) is 0 Å². The molecule has 1 fully saturated rings. The molecule has 1 aliphatic heterocycles. The van der Waals surface area contributed by atoms with E-state index in [2.05, 4.69) is 26.1 Å². The standard InChI is InChI=1S/C16H30N2S/c1-4-15(5-2)11-17-14(19-13-15)18-12-16(6-3)9-7-8-10-16/h4-13H2,1-3H3,(H,17,18). The van der Waals surface area contributed by atoms with Gasteiger partial charge in [-0.25, -0.2) is 0 Å². The fourth-order valence-corrected chi connectivity index (χ4v) is 4.65. The maximum absolute atomic E-state index is 4.82. The third kappa shape index (κ3) is 3.48. The number of nitrogens with one attached hydrogen (secondary N) is 1. The van der Waals surface area contributed by atoms with Gasteiger partial charge in [-0.2, -0.15) is 0 Å². The molecule has 1 aliphatic carbocycles. The molecule has 0 atom stereocenters. The summed E-state index contributed by atoms with van der Waals surface area (Å²) < 4.78 is 0. The lowest BCUT2D eigenvalue weighted by Gasteiger charge is -2.35. The zero-order chi connectivity index (χ0) is 13.8. The van der Waals surface area contributed by atoms with Crippen LogP contribution in [0.1, 0.15) is 65.7 Å². The van der Waals surface area contributed by atoms with E-state index in [-0.39, 0.29) is 0 Å². The maximum atomic E-state index is 4.82. The highest BCUT2D eigenvalue weighted by atomic mass is 32.2. The van der Waals surface area contributed by atoms with Crippen molar-refractivity contribution >= 4 is 16.9 Å². The molecule has 2 rings (SSSR count). The lowest BCUT2D eigenvalue weighted by atomic mass is 9.83. The van der Waals surface area contributed by atoms with Gasteiger partial charge in [-0.05, 0) is 42.9 Å². The molecular formula is C16H30N2S. The highest BCUT2D eigenvalue weighted by Crippen LogP contribution is 2.41. The summed E-state index contributed by atoms with van der Waals surface area (Å²) in [6.07, 6.45) is 9.47. The Balaban J connectivity index is 1.86. The maximum Gasteiger partial charge on any atom is 0.156 e. The second-order valence-electron chi connectivity index (χ2n) is 6.53. The van der Waals surface area contributed by atoms with Crippen LogP contribution in [0, 0.1) is 10.8 Å². The number of nitrogens with zero attached hydrogens (tertiary/aromatic N) is 1. The van der Waals surface area contributed by atoms with Crippen LogP contribution in [0.3, 0.4) is 0 Å². The van der Waals surface area contributed by atoms with Gasteiger partial charge in [0, 0.05) is 18.8 Å². The van der Waals surface area contributed by atoms with Crippen molar-refractivity contribution in [2.24, 2.45) is 15.8 Å². The van der Waals surface area contributed by atoms with Gasteiger partial charge in [0.1, 0.15) is 0 Å². The number of rotatable bonds is 5. The first kappa shape index (κ1) is 15.2. The molecule has 1 heterocycles. The molecule has 0 bridgehead atoms. The van der Waals surface area contributed by atoms with Crippen LogP contribution in [0.2, 0.25) is 0 Å². The smallest absolute Gasteiger partial charge is 0.156 e. The second kappa shape index (κ2) is 6.51. The van der Waals surface area contributed by atoms with Crippen LogP contribution in [0.5, 0.6) is 0 Å². The Kier molecular flexibility index (Phi) is 5.22. The SMILES string of the molecule is CCC1(CNC2=NCC(CC)(CC)CS2)CCCC1. The average Bonchev–Trinajstić information content (AvgIpc) is 2.95. The summed E-state index contributed by atoms with van der Waals surface area (Å²) in [5.74, 6) is 1.24. The topological polar surface area (TPSA) is 24.4 Å². The van der Waals surface area contributed by atoms with E-state index in [9.17, 15) is 0 Å². The summed E-state index contributed by atoms with van der Waals surface area (Å²) in [5, 5.41) is 4.86. The summed E-state index contributed by atoms with van der Waals surface area (Å²) in [6.45, 7) is 9.13. The number of aliphatic imine (C=N–C) groups is 1. The van der Waals surface area contributed by atoms with Gasteiger partial charge in [-0.3, -0.25) is 4.99 Å². The van der Waals surface area contributed by atoms with E-state index in [1.54, 1.807) is 0 Å². The zero-order valence-electron chi connectivity index (χ0n) is 12.9. The van der Waals surface area contributed by atoms with E-state index >= 15 is 0 Å². The molecule has 0 unspecified atom stereocenters. The summed E-state index contributed by atoms with van der Waals surface area (Å²) in [7, 11) is 0. The molecule has 2 nitrogen and oxygen atoms in total. The molecule has 0 spiro atoms. The molecule has 1 saturated carbocycles. The summed E-state index contributed by atoms with van der Waals surface area (Å²) in [4.78, 5) is 4.82. The van der Waals surface area contributed by atoms with Crippen molar-refractivity contribution in [3.05, 3.63) is 0 Å². The molecule has 2 aliphatic rings. The molecule has 19 heavy (non-hydrogen) atoms. The summed E-state index contributed by atoms with van der Waals surface area (Å²) in [5.41, 5.74) is 1.03. The van der Waals surface area contributed by atoms with Crippen molar-refractivity contribution in [1.29, 1.82) is 0 Å². The quantitative estimate of drug-likeness (QED) is 0.805. The Morgan fingerprint density at radius 2 is 1.68 bits per heavy atom. The molecule has 3 heteroatoms. The third-order valence-electron chi connectivity index (χ3n) is 5.60. The molecule has 0 radical (unpaired) electrons. The Hall–Kier alpha value is -0.180. The van der Waals surface area contributed by atoms with E-state index in [0.29, 0.717) is 10.8 Å². The van der Waals surface area contributed by atoms with Crippen LogP contribution in [0.4, 0.5) is 0 Å². The van der Waals surface area contributed by atoms with Gasteiger partial charge in [0.15, 0.2) is 5.17 Å².